The van der Waals surface area contributed by atoms with Gasteiger partial charge in [-0.15, -0.1) is 0 Å². The summed E-state index contributed by atoms with van der Waals surface area (Å²) in [5.41, 5.74) is 9.17. The van der Waals surface area contributed by atoms with Gasteiger partial charge in [-0.05, 0) is 107 Å². The van der Waals surface area contributed by atoms with Gasteiger partial charge in [0.05, 0.1) is 0 Å². The van der Waals surface area contributed by atoms with E-state index in [1.54, 1.807) is 0 Å². The van der Waals surface area contributed by atoms with E-state index in [1.165, 1.54) is 76.5 Å². The highest BCUT2D eigenvalue weighted by Gasteiger charge is 2.18. The molecule has 47 heavy (non-hydrogen) atoms. The summed E-state index contributed by atoms with van der Waals surface area (Å²) >= 11 is 0. The van der Waals surface area contributed by atoms with Crippen molar-refractivity contribution >= 4 is 65.0 Å². The Labute approximate surface area is 271 Å². The normalized spacial score (nSPS) is 11.8. The van der Waals surface area contributed by atoms with Crippen molar-refractivity contribution in [3.8, 4) is 33.4 Å². The van der Waals surface area contributed by atoms with Gasteiger partial charge in [-0.3, -0.25) is 0 Å². The monoisotopic (exact) mass is 596 g/mol. The van der Waals surface area contributed by atoms with Crippen LogP contribution in [0.5, 0.6) is 0 Å². The molecular weight excluding hydrogens is 569 g/mol. The van der Waals surface area contributed by atoms with Crippen molar-refractivity contribution < 1.29 is 4.42 Å². The molecule has 0 bridgehead atoms. The SMILES string of the molecule is c1cc(-c2c3ccccc3c(-c3ccc4ccccc4c3)c3ccccc23)cc(-c2cccc3oc4cc5ccccc5cc4c23)c1. The largest absolute Gasteiger partial charge is 0.456 e. The molecule has 0 radical (unpaired) electrons. The second kappa shape index (κ2) is 10.2. The summed E-state index contributed by atoms with van der Waals surface area (Å²) in [5, 5.41) is 12.3. The van der Waals surface area contributed by atoms with Gasteiger partial charge in [-0.25, -0.2) is 0 Å². The quantitative estimate of drug-likeness (QED) is 0.185. The van der Waals surface area contributed by atoms with Crippen molar-refractivity contribution in [2.24, 2.45) is 0 Å². The fourth-order valence-electron chi connectivity index (χ4n) is 7.69. The maximum atomic E-state index is 6.43. The van der Waals surface area contributed by atoms with E-state index in [0.717, 1.165) is 21.9 Å². The number of hydrogen-bond acceptors (Lipinski definition) is 1. The molecule has 0 fully saturated rings. The summed E-state index contributed by atoms with van der Waals surface area (Å²) in [4.78, 5) is 0. The highest BCUT2D eigenvalue weighted by Crippen LogP contribution is 2.45. The van der Waals surface area contributed by atoms with Crippen LogP contribution in [0.1, 0.15) is 0 Å². The maximum Gasteiger partial charge on any atom is 0.136 e. The Kier molecular flexibility index (Phi) is 5.64. The molecule has 0 N–H and O–H groups in total. The molecule has 0 spiro atoms. The van der Waals surface area contributed by atoms with Crippen LogP contribution in [-0.4, -0.2) is 0 Å². The van der Waals surface area contributed by atoms with Crippen molar-refractivity contribution in [1.82, 2.24) is 0 Å². The minimum absolute atomic E-state index is 0.911. The molecule has 0 unspecified atom stereocenters. The van der Waals surface area contributed by atoms with E-state index in [0.29, 0.717) is 0 Å². The number of benzene rings is 9. The lowest BCUT2D eigenvalue weighted by atomic mass is 9.85. The summed E-state index contributed by atoms with van der Waals surface area (Å²) in [7, 11) is 0. The van der Waals surface area contributed by atoms with Gasteiger partial charge in [0, 0.05) is 10.8 Å². The van der Waals surface area contributed by atoms with E-state index >= 15 is 0 Å². The molecule has 0 saturated heterocycles. The Balaban J connectivity index is 1.23. The standard InChI is InChI=1S/C46H28O/c1-2-12-30-25-35(24-23-29(30)11-1)45-39-19-7-5-17-37(39)44(38-18-6-8-20-40(38)45)34-16-9-15-33(26-34)36-21-10-22-42-46(36)41-27-31-13-3-4-14-32(31)28-43(41)47-42/h1-28H. The van der Waals surface area contributed by atoms with E-state index in [4.69, 9.17) is 4.42 Å². The average Bonchev–Trinajstić information content (AvgIpc) is 3.50. The number of furan rings is 1. The van der Waals surface area contributed by atoms with Crippen LogP contribution in [0.2, 0.25) is 0 Å². The molecule has 10 rings (SSSR count). The van der Waals surface area contributed by atoms with E-state index in [1.807, 2.05) is 0 Å². The molecule has 9 aromatic carbocycles. The highest BCUT2D eigenvalue weighted by atomic mass is 16.3. The minimum atomic E-state index is 0.911. The van der Waals surface area contributed by atoms with Crippen molar-refractivity contribution in [3.05, 3.63) is 170 Å². The molecule has 1 heterocycles. The summed E-state index contributed by atoms with van der Waals surface area (Å²) in [6.07, 6.45) is 0. The fourth-order valence-corrected chi connectivity index (χ4v) is 7.69. The van der Waals surface area contributed by atoms with Crippen molar-refractivity contribution in [2.45, 2.75) is 0 Å². The van der Waals surface area contributed by atoms with Gasteiger partial charge in [0.2, 0.25) is 0 Å². The lowest BCUT2D eigenvalue weighted by Gasteiger charge is -2.18. The Hall–Kier alpha value is -6.18. The van der Waals surface area contributed by atoms with E-state index in [-0.39, 0.29) is 0 Å². The topological polar surface area (TPSA) is 13.1 Å². The zero-order chi connectivity index (χ0) is 30.9. The second-order valence-corrected chi connectivity index (χ2v) is 12.5. The third kappa shape index (κ3) is 4.03. The predicted octanol–water partition coefficient (Wildman–Crippen LogP) is 13.2. The van der Waals surface area contributed by atoms with Crippen LogP contribution in [0.4, 0.5) is 0 Å². The molecule has 218 valence electrons. The second-order valence-electron chi connectivity index (χ2n) is 12.5. The first-order valence-electron chi connectivity index (χ1n) is 16.2. The Morgan fingerprint density at radius 3 is 1.51 bits per heavy atom. The first-order chi connectivity index (χ1) is 23.3. The Bertz CT molecular complexity index is 2800. The zero-order valence-electron chi connectivity index (χ0n) is 25.6. The summed E-state index contributed by atoms with van der Waals surface area (Å²) in [6.45, 7) is 0. The molecule has 0 amide bonds. The van der Waals surface area contributed by atoms with Gasteiger partial charge in [-0.2, -0.15) is 0 Å². The van der Waals surface area contributed by atoms with Gasteiger partial charge in [-0.1, -0.05) is 140 Å². The predicted molar refractivity (Wildman–Crippen MR) is 200 cm³/mol. The molecule has 0 aliphatic carbocycles. The molecular formula is C46H28O. The molecule has 1 heteroatoms. The van der Waals surface area contributed by atoms with Gasteiger partial charge < -0.3 is 4.42 Å². The zero-order valence-corrected chi connectivity index (χ0v) is 25.6. The molecule has 0 atom stereocenters. The van der Waals surface area contributed by atoms with Gasteiger partial charge in [0.15, 0.2) is 0 Å². The van der Waals surface area contributed by atoms with E-state index in [9.17, 15) is 0 Å². The van der Waals surface area contributed by atoms with E-state index < -0.39 is 0 Å². The van der Waals surface area contributed by atoms with Crippen LogP contribution >= 0.6 is 0 Å². The molecule has 0 aliphatic rings. The molecule has 0 aliphatic heterocycles. The smallest absolute Gasteiger partial charge is 0.136 e. The van der Waals surface area contributed by atoms with Crippen LogP contribution in [0.15, 0.2) is 174 Å². The van der Waals surface area contributed by atoms with Crippen LogP contribution in [0, 0.1) is 0 Å². The molecule has 10 aromatic rings. The fraction of sp³-hybridized carbons (Fsp3) is 0. The van der Waals surface area contributed by atoms with E-state index in [2.05, 4.69) is 170 Å². The maximum absolute atomic E-state index is 6.43. The number of fused-ring (bicyclic) bond motifs is 7. The van der Waals surface area contributed by atoms with Crippen molar-refractivity contribution in [1.29, 1.82) is 0 Å². The number of rotatable bonds is 3. The lowest BCUT2D eigenvalue weighted by molar-refractivity contribution is 0.669. The Morgan fingerprint density at radius 2 is 0.830 bits per heavy atom. The minimum Gasteiger partial charge on any atom is -0.456 e. The summed E-state index contributed by atoms with van der Waals surface area (Å²) in [5.74, 6) is 0. The van der Waals surface area contributed by atoms with Crippen molar-refractivity contribution in [3.63, 3.8) is 0 Å². The lowest BCUT2D eigenvalue weighted by Crippen LogP contribution is -1.91. The van der Waals surface area contributed by atoms with Gasteiger partial charge in [0.25, 0.3) is 0 Å². The van der Waals surface area contributed by atoms with Crippen LogP contribution in [0.3, 0.4) is 0 Å². The third-order valence-corrected chi connectivity index (χ3v) is 9.80. The van der Waals surface area contributed by atoms with Crippen molar-refractivity contribution in [2.75, 3.05) is 0 Å². The van der Waals surface area contributed by atoms with Crippen LogP contribution in [-0.2, 0) is 0 Å². The summed E-state index contributed by atoms with van der Waals surface area (Å²) in [6, 6.07) is 61.6. The molecule has 1 nitrogen and oxygen atoms in total. The highest BCUT2D eigenvalue weighted by molar-refractivity contribution is 6.22. The first kappa shape index (κ1) is 26.1. The van der Waals surface area contributed by atoms with Crippen LogP contribution < -0.4 is 0 Å². The van der Waals surface area contributed by atoms with Crippen LogP contribution in [0.25, 0.3) is 98.4 Å². The molecule has 1 aromatic heterocycles. The third-order valence-electron chi connectivity index (χ3n) is 9.80. The van der Waals surface area contributed by atoms with Gasteiger partial charge >= 0.3 is 0 Å². The molecule has 0 saturated carbocycles. The Morgan fingerprint density at radius 1 is 0.298 bits per heavy atom. The van der Waals surface area contributed by atoms with Gasteiger partial charge in [0.1, 0.15) is 11.2 Å². The summed E-state index contributed by atoms with van der Waals surface area (Å²) < 4.78 is 6.43. The first-order valence-corrected chi connectivity index (χ1v) is 16.2. The average molecular weight is 597 g/mol. The number of hydrogen-bond donors (Lipinski definition) is 0.